The minimum atomic E-state index is 0.488. The van der Waals surface area contributed by atoms with Crippen LogP contribution in [0.3, 0.4) is 0 Å². The normalized spacial score (nSPS) is 9.64. The summed E-state index contributed by atoms with van der Waals surface area (Å²) in [5.41, 5.74) is 8.31. The summed E-state index contributed by atoms with van der Waals surface area (Å²) in [6.45, 7) is 5.58. The Balaban J connectivity index is 3.20. The zero-order valence-corrected chi connectivity index (χ0v) is 7.15. The van der Waals surface area contributed by atoms with Crippen molar-refractivity contribution in [3.63, 3.8) is 0 Å². The molecule has 0 fully saturated rings. The predicted octanol–water partition coefficient (Wildman–Crippen LogP) is 2.79. The number of rotatable bonds is 1. The number of benzene rings is 1. The minimum absolute atomic E-state index is 0.488. The molecule has 0 unspecified atom stereocenters. The van der Waals surface area contributed by atoms with Crippen molar-refractivity contribution in [2.24, 2.45) is 0 Å². The van der Waals surface area contributed by atoms with Gasteiger partial charge in [0.25, 0.3) is 0 Å². The molecule has 0 amide bonds. The Morgan fingerprint density at radius 1 is 1.55 bits per heavy atom. The van der Waals surface area contributed by atoms with Gasteiger partial charge in [-0.25, -0.2) is 0 Å². The molecular formula is C9H10ClN. The molecule has 0 aromatic heterocycles. The average molecular weight is 168 g/mol. The maximum atomic E-state index is 5.69. The monoisotopic (exact) mass is 167 g/mol. The molecule has 58 valence electrons. The Morgan fingerprint density at radius 2 is 2.18 bits per heavy atom. The average Bonchev–Trinajstić information content (AvgIpc) is 1.85. The van der Waals surface area contributed by atoms with E-state index in [1.807, 2.05) is 25.1 Å². The molecule has 0 aliphatic carbocycles. The first kappa shape index (κ1) is 8.15. The number of hydrogen-bond donors (Lipinski definition) is 1. The highest BCUT2D eigenvalue weighted by atomic mass is 35.5. The van der Waals surface area contributed by atoms with Crippen LogP contribution in [-0.4, -0.2) is 0 Å². The number of aryl methyl sites for hydroxylation is 1. The molecule has 2 N–H and O–H groups in total. The number of hydrogen-bond acceptors (Lipinski definition) is 1. The fraction of sp³-hybridized carbons (Fsp3) is 0.111. The van der Waals surface area contributed by atoms with Crippen LogP contribution in [0.25, 0.3) is 5.03 Å². The van der Waals surface area contributed by atoms with E-state index in [4.69, 9.17) is 17.3 Å². The highest BCUT2D eigenvalue weighted by Crippen LogP contribution is 2.23. The summed E-state index contributed by atoms with van der Waals surface area (Å²) < 4.78 is 0. The number of halogens is 1. The molecule has 0 heterocycles. The maximum Gasteiger partial charge on any atom is 0.0427 e. The molecule has 0 saturated heterocycles. The van der Waals surface area contributed by atoms with Crippen molar-refractivity contribution < 1.29 is 0 Å². The Bertz CT molecular complexity index is 292. The molecule has 1 aromatic rings. The van der Waals surface area contributed by atoms with E-state index in [1.165, 1.54) is 0 Å². The van der Waals surface area contributed by atoms with Gasteiger partial charge in [0, 0.05) is 16.3 Å². The zero-order chi connectivity index (χ0) is 8.43. The minimum Gasteiger partial charge on any atom is -0.398 e. The Hall–Kier alpha value is -0.950. The number of anilines is 1. The summed E-state index contributed by atoms with van der Waals surface area (Å²) >= 11 is 5.69. The molecule has 0 spiro atoms. The first-order chi connectivity index (χ1) is 5.11. The molecule has 1 nitrogen and oxygen atoms in total. The van der Waals surface area contributed by atoms with Crippen molar-refractivity contribution in [3.05, 3.63) is 35.9 Å². The quantitative estimate of drug-likeness (QED) is 0.640. The Labute approximate surface area is 71.5 Å². The van der Waals surface area contributed by atoms with Crippen LogP contribution in [0.4, 0.5) is 5.69 Å². The first-order valence-electron chi connectivity index (χ1n) is 3.32. The van der Waals surface area contributed by atoms with Gasteiger partial charge in [-0.1, -0.05) is 30.3 Å². The summed E-state index contributed by atoms with van der Waals surface area (Å²) in [6, 6.07) is 5.71. The van der Waals surface area contributed by atoms with E-state index in [-0.39, 0.29) is 0 Å². The SMILES string of the molecule is C=C(Cl)c1ccc(C)cc1N. The Morgan fingerprint density at radius 3 is 2.64 bits per heavy atom. The second-order valence-corrected chi connectivity index (χ2v) is 2.95. The van der Waals surface area contributed by atoms with Crippen LogP contribution in [-0.2, 0) is 0 Å². The zero-order valence-electron chi connectivity index (χ0n) is 6.39. The van der Waals surface area contributed by atoms with Crippen molar-refractivity contribution >= 4 is 22.3 Å². The van der Waals surface area contributed by atoms with Crippen LogP contribution in [0.5, 0.6) is 0 Å². The molecule has 1 rings (SSSR count). The van der Waals surface area contributed by atoms with Gasteiger partial charge in [-0.15, -0.1) is 0 Å². The van der Waals surface area contributed by atoms with Gasteiger partial charge in [0.15, 0.2) is 0 Å². The summed E-state index contributed by atoms with van der Waals surface area (Å²) in [5, 5.41) is 0.488. The topological polar surface area (TPSA) is 26.0 Å². The van der Waals surface area contributed by atoms with Crippen molar-refractivity contribution in [1.82, 2.24) is 0 Å². The number of nitrogens with two attached hydrogens (primary N) is 1. The molecule has 0 radical (unpaired) electrons. The van der Waals surface area contributed by atoms with Gasteiger partial charge in [0.2, 0.25) is 0 Å². The lowest BCUT2D eigenvalue weighted by Gasteiger charge is -2.03. The van der Waals surface area contributed by atoms with Gasteiger partial charge in [0.1, 0.15) is 0 Å². The second kappa shape index (κ2) is 2.97. The standard InChI is InChI=1S/C9H10ClN/c1-6-3-4-8(7(2)10)9(11)5-6/h3-5H,2,11H2,1H3. The summed E-state index contributed by atoms with van der Waals surface area (Å²) in [5.74, 6) is 0. The molecule has 11 heavy (non-hydrogen) atoms. The van der Waals surface area contributed by atoms with E-state index in [2.05, 4.69) is 6.58 Å². The lowest BCUT2D eigenvalue weighted by atomic mass is 10.1. The molecule has 0 bridgehead atoms. The van der Waals surface area contributed by atoms with Crippen LogP contribution in [0.15, 0.2) is 24.8 Å². The van der Waals surface area contributed by atoms with E-state index in [0.29, 0.717) is 10.7 Å². The lowest BCUT2D eigenvalue weighted by Crippen LogP contribution is -1.90. The van der Waals surface area contributed by atoms with E-state index < -0.39 is 0 Å². The van der Waals surface area contributed by atoms with E-state index >= 15 is 0 Å². The highest BCUT2D eigenvalue weighted by Gasteiger charge is 1.99. The van der Waals surface area contributed by atoms with Gasteiger partial charge >= 0.3 is 0 Å². The third-order valence-corrected chi connectivity index (χ3v) is 1.70. The van der Waals surface area contributed by atoms with Gasteiger partial charge in [-0.3, -0.25) is 0 Å². The van der Waals surface area contributed by atoms with E-state index in [9.17, 15) is 0 Å². The van der Waals surface area contributed by atoms with Crippen LogP contribution < -0.4 is 5.73 Å². The molecule has 0 atom stereocenters. The van der Waals surface area contributed by atoms with Gasteiger partial charge < -0.3 is 5.73 Å². The van der Waals surface area contributed by atoms with Crippen molar-refractivity contribution in [2.75, 3.05) is 5.73 Å². The van der Waals surface area contributed by atoms with Crippen LogP contribution in [0.2, 0.25) is 0 Å². The fourth-order valence-corrected chi connectivity index (χ4v) is 1.10. The largest absolute Gasteiger partial charge is 0.398 e. The molecule has 0 aliphatic heterocycles. The van der Waals surface area contributed by atoms with Gasteiger partial charge in [-0.2, -0.15) is 0 Å². The van der Waals surface area contributed by atoms with Crippen LogP contribution in [0.1, 0.15) is 11.1 Å². The van der Waals surface area contributed by atoms with Gasteiger partial charge in [0.05, 0.1) is 0 Å². The first-order valence-corrected chi connectivity index (χ1v) is 3.70. The van der Waals surface area contributed by atoms with Crippen molar-refractivity contribution in [2.45, 2.75) is 6.92 Å². The number of nitrogen functional groups attached to an aromatic ring is 1. The molecule has 0 aliphatic rings. The van der Waals surface area contributed by atoms with E-state index in [0.717, 1.165) is 11.1 Å². The Kier molecular flexibility index (Phi) is 2.20. The van der Waals surface area contributed by atoms with Crippen LogP contribution >= 0.6 is 11.6 Å². The lowest BCUT2D eigenvalue weighted by molar-refractivity contribution is 1.46. The van der Waals surface area contributed by atoms with Gasteiger partial charge in [-0.05, 0) is 18.6 Å². The molecular weight excluding hydrogens is 158 g/mol. The molecule has 2 heteroatoms. The molecule has 1 aromatic carbocycles. The highest BCUT2D eigenvalue weighted by molar-refractivity contribution is 6.48. The predicted molar refractivity (Wildman–Crippen MR) is 50.5 cm³/mol. The summed E-state index contributed by atoms with van der Waals surface area (Å²) in [4.78, 5) is 0. The summed E-state index contributed by atoms with van der Waals surface area (Å²) in [6.07, 6.45) is 0. The van der Waals surface area contributed by atoms with Crippen LogP contribution in [0, 0.1) is 6.92 Å². The second-order valence-electron chi connectivity index (χ2n) is 2.50. The third kappa shape index (κ3) is 1.75. The molecule has 0 saturated carbocycles. The third-order valence-electron chi connectivity index (χ3n) is 1.50. The van der Waals surface area contributed by atoms with Crippen molar-refractivity contribution in [1.29, 1.82) is 0 Å². The van der Waals surface area contributed by atoms with E-state index in [1.54, 1.807) is 0 Å². The smallest absolute Gasteiger partial charge is 0.0427 e. The summed E-state index contributed by atoms with van der Waals surface area (Å²) in [7, 11) is 0. The van der Waals surface area contributed by atoms with Crippen molar-refractivity contribution in [3.8, 4) is 0 Å². The fourth-order valence-electron chi connectivity index (χ4n) is 0.929. The maximum absolute atomic E-state index is 5.69.